The van der Waals surface area contributed by atoms with Gasteiger partial charge in [-0.05, 0) is 48.2 Å². The van der Waals surface area contributed by atoms with Crippen molar-refractivity contribution >= 4 is 12.0 Å². The van der Waals surface area contributed by atoms with Crippen LogP contribution in [0.15, 0.2) is 48.8 Å². The van der Waals surface area contributed by atoms with Gasteiger partial charge in [0.1, 0.15) is 0 Å². The van der Waals surface area contributed by atoms with E-state index < -0.39 is 0 Å². The third-order valence-corrected chi connectivity index (χ3v) is 5.51. The Labute approximate surface area is 159 Å². The summed E-state index contributed by atoms with van der Waals surface area (Å²) in [5, 5.41) is 3.11. The highest BCUT2D eigenvalue weighted by Gasteiger charge is 2.35. The highest BCUT2D eigenvalue weighted by atomic mass is 16.7. The number of rotatable bonds is 5. The molecule has 140 valence electrons. The van der Waals surface area contributed by atoms with Gasteiger partial charge < -0.3 is 14.8 Å². The normalized spacial score (nSPS) is 17.8. The molecule has 5 nitrogen and oxygen atoms in total. The van der Waals surface area contributed by atoms with Crippen LogP contribution < -0.4 is 14.8 Å². The fourth-order valence-corrected chi connectivity index (χ4v) is 3.98. The topological polar surface area (TPSA) is 60.5 Å². The third-order valence-electron chi connectivity index (χ3n) is 5.51. The van der Waals surface area contributed by atoms with Gasteiger partial charge in [-0.25, -0.2) is 0 Å². The number of fused-ring (bicyclic) bond motifs is 1. The number of carbonyl (C=O) groups excluding carboxylic acids is 1. The van der Waals surface area contributed by atoms with Crippen molar-refractivity contribution in [3.05, 3.63) is 59.9 Å². The average Bonchev–Trinajstić information content (AvgIpc) is 3.20. The SMILES string of the molecule is O=C(C=Cc1cccnc1)NCC1(c2ccc3c(c2)OCO3)CCCCC1. The van der Waals surface area contributed by atoms with E-state index in [-0.39, 0.29) is 18.1 Å². The molecule has 0 atom stereocenters. The summed E-state index contributed by atoms with van der Waals surface area (Å²) in [6, 6.07) is 9.97. The highest BCUT2D eigenvalue weighted by molar-refractivity contribution is 5.91. The van der Waals surface area contributed by atoms with Crippen LogP contribution in [0.3, 0.4) is 0 Å². The van der Waals surface area contributed by atoms with Crippen LogP contribution in [-0.4, -0.2) is 24.2 Å². The maximum absolute atomic E-state index is 12.4. The molecule has 2 aromatic rings. The van der Waals surface area contributed by atoms with Crippen LogP contribution in [0.25, 0.3) is 6.08 Å². The lowest BCUT2D eigenvalue weighted by molar-refractivity contribution is -0.116. The second kappa shape index (κ2) is 7.82. The van der Waals surface area contributed by atoms with E-state index >= 15 is 0 Å². The molecule has 0 spiro atoms. The van der Waals surface area contributed by atoms with Gasteiger partial charge in [0, 0.05) is 30.4 Å². The smallest absolute Gasteiger partial charge is 0.244 e. The first kappa shape index (κ1) is 17.6. The lowest BCUT2D eigenvalue weighted by Gasteiger charge is -2.38. The summed E-state index contributed by atoms with van der Waals surface area (Å²) < 4.78 is 11.0. The number of benzene rings is 1. The molecule has 1 aliphatic carbocycles. The predicted octanol–water partition coefficient (Wildman–Crippen LogP) is 3.84. The molecule has 27 heavy (non-hydrogen) atoms. The molecule has 2 heterocycles. The Balaban J connectivity index is 1.47. The Morgan fingerprint density at radius 1 is 1.15 bits per heavy atom. The summed E-state index contributed by atoms with van der Waals surface area (Å²) in [4.78, 5) is 16.4. The Hall–Kier alpha value is -2.82. The van der Waals surface area contributed by atoms with Crippen LogP contribution in [0.2, 0.25) is 0 Å². The molecule has 1 aromatic heterocycles. The van der Waals surface area contributed by atoms with Gasteiger partial charge >= 0.3 is 0 Å². The predicted molar refractivity (Wildman–Crippen MR) is 104 cm³/mol. The molecular weight excluding hydrogens is 340 g/mol. The van der Waals surface area contributed by atoms with Gasteiger partial charge in [-0.1, -0.05) is 31.4 Å². The number of amides is 1. The average molecular weight is 364 g/mol. The van der Waals surface area contributed by atoms with Crippen LogP contribution in [0.1, 0.15) is 43.2 Å². The maximum atomic E-state index is 12.4. The third kappa shape index (κ3) is 3.97. The first-order valence-corrected chi connectivity index (χ1v) is 9.51. The first-order valence-electron chi connectivity index (χ1n) is 9.51. The van der Waals surface area contributed by atoms with Crippen LogP contribution in [0.4, 0.5) is 0 Å². The molecule has 1 aliphatic heterocycles. The standard InChI is InChI=1S/C22H24N2O3/c25-21(9-6-17-5-4-12-23-14-17)24-15-22(10-2-1-3-11-22)18-7-8-19-20(13-18)27-16-26-19/h4-9,12-14H,1-3,10-11,15-16H2,(H,24,25). The van der Waals surface area contributed by atoms with E-state index in [0.29, 0.717) is 6.54 Å². The van der Waals surface area contributed by atoms with Gasteiger partial charge in [0.15, 0.2) is 11.5 Å². The lowest BCUT2D eigenvalue weighted by Crippen LogP contribution is -2.41. The lowest BCUT2D eigenvalue weighted by atomic mass is 9.69. The Kier molecular flexibility index (Phi) is 5.10. The zero-order valence-corrected chi connectivity index (χ0v) is 15.3. The van der Waals surface area contributed by atoms with Crippen molar-refractivity contribution in [1.82, 2.24) is 10.3 Å². The van der Waals surface area contributed by atoms with E-state index in [1.165, 1.54) is 24.8 Å². The van der Waals surface area contributed by atoms with Gasteiger partial charge in [-0.3, -0.25) is 9.78 Å². The minimum atomic E-state index is -0.0791. The molecule has 1 saturated carbocycles. The van der Waals surface area contributed by atoms with Gasteiger partial charge in [0.25, 0.3) is 0 Å². The maximum Gasteiger partial charge on any atom is 0.244 e. The van der Waals surface area contributed by atoms with E-state index in [1.54, 1.807) is 24.5 Å². The second-order valence-corrected chi connectivity index (χ2v) is 7.25. The Morgan fingerprint density at radius 3 is 2.81 bits per heavy atom. The number of aromatic nitrogens is 1. The zero-order chi connectivity index (χ0) is 18.5. The first-order chi connectivity index (χ1) is 13.3. The highest BCUT2D eigenvalue weighted by Crippen LogP contribution is 2.43. The van der Waals surface area contributed by atoms with E-state index in [9.17, 15) is 4.79 Å². The molecule has 5 heteroatoms. The quantitative estimate of drug-likeness (QED) is 0.819. The number of nitrogens with zero attached hydrogens (tertiary/aromatic N) is 1. The summed E-state index contributed by atoms with van der Waals surface area (Å²) in [6.45, 7) is 0.907. The van der Waals surface area contributed by atoms with Gasteiger partial charge in [0.05, 0.1) is 0 Å². The zero-order valence-electron chi connectivity index (χ0n) is 15.3. The summed E-state index contributed by atoms with van der Waals surface area (Å²) in [5.74, 6) is 1.53. The van der Waals surface area contributed by atoms with E-state index in [4.69, 9.17) is 9.47 Å². The van der Waals surface area contributed by atoms with Crippen molar-refractivity contribution in [2.45, 2.75) is 37.5 Å². The molecule has 2 aliphatic rings. The van der Waals surface area contributed by atoms with Crippen molar-refractivity contribution < 1.29 is 14.3 Å². The number of pyridine rings is 1. The summed E-state index contributed by atoms with van der Waals surface area (Å²) in [6.07, 6.45) is 12.6. The molecule has 1 aromatic carbocycles. The molecular formula is C22H24N2O3. The Bertz CT molecular complexity index is 827. The molecule has 0 bridgehead atoms. The number of hydrogen-bond donors (Lipinski definition) is 1. The van der Waals surface area contributed by atoms with Crippen molar-refractivity contribution in [2.24, 2.45) is 0 Å². The van der Waals surface area contributed by atoms with E-state index in [2.05, 4.69) is 22.4 Å². The molecule has 0 unspecified atom stereocenters. The van der Waals surface area contributed by atoms with Crippen LogP contribution in [0.5, 0.6) is 11.5 Å². The number of ether oxygens (including phenoxy) is 2. The van der Waals surface area contributed by atoms with Crippen molar-refractivity contribution in [3.63, 3.8) is 0 Å². The number of hydrogen-bond acceptors (Lipinski definition) is 4. The fraction of sp³-hybridized carbons (Fsp3) is 0.364. The summed E-state index contributed by atoms with van der Waals surface area (Å²) >= 11 is 0. The van der Waals surface area contributed by atoms with Gasteiger partial charge in [-0.15, -0.1) is 0 Å². The number of carbonyl (C=O) groups is 1. The second-order valence-electron chi connectivity index (χ2n) is 7.25. The minimum absolute atomic E-state index is 0.0446. The van der Waals surface area contributed by atoms with Crippen LogP contribution in [0, 0.1) is 0 Å². The molecule has 4 rings (SSSR count). The van der Waals surface area contributed by atoms with Crippen LogP contribution in [-0.2, 0) is 10.2 Å². The minimum Gasteiger partial charge on any atom is -0.454 e. The van der Waals surface area contributed by atoms with Crippen LogP contribution >= 0.6 is 0 Å². The van der Waals surface area contributed by atoms with Crippen molar-refractivity contribution in [2.75, 3.05) is 13.3 Å². The van der Waals surface area contributed by atoms with Crippen molar-refractivity contribution in [1.29, 1.82) is 0 Å². The molecule has 1 amide bonds. The van der Waals surface area contributed by atoms with Crippen molar-refractivity contribution in [3.8, 4) is 11.5 Å². The van der Waals surface area contributed by atoms with E-state index in [0.717, 1.165) is 29.9 Å². The molecule has 1 N–H and O–H groups in total. The molecule has 0 saturated heterocycles. The monoisotopic (exact) mass is 364 g/mol. The summed E-state index contributed by atoms with van der Waals surface area (Å²) in [5.41, 5.74) is 2.09. The molecule has 1 fully saturated rings. The largest absolute Gasteiger partial charge is 0.454 e. The van der Waals surface area contributed by atoms with E-state index in [1.807, 2.05) is 18.2 Å². The van der Waals surface area contributed by atoms with Gasteiger partial charge in [-0.2, -0.15) is 0 Å². The van der Waals surface area contributed by atoms with Gasteiger partial charge in [0.2, 0.25) is 12.7 Å². The summed E-state index contributed by atoms with van der Waals surface area (Å²) in [7, 11) is 0. The Morgan fingerprint density at radius 2 is 2.00 bits per heavy atom. The fourth-order valence-electron chi connectivity index (χ4n) is 3.98. The number of nitrogens with one attached hydrogen (secondary N) is 1. The molecule has 0 radical (unpaired) electrons.